The van der Waals surface area contributed by atoms with Crippen molar-refractivity contribution >= 4 is 10.9 Å². The van der Waals surface area contributed by atoms with E-state index >= 15 is 0 Å². The minimum absolute atomic E-state index is 0.187. The standard InChI is InChI=1S/C13H16N6O2/c1-13(2,3)12-16-9(21-17-12)7-19-10-8(6-15-19)5-14-18(4)11(10)20/h5-6H,7H2,1-4H3. The van der Waals surface area contributed by atoms with Gasteiger partial charge in [0.05, 0.1) is 12.4 Å². The van der Waals surface area contributed by atoms with E-state index < -0.39 is 0 Å². The Morgan fingerprint density at radius 2 is 1.95 bits per heavy atom. The van der Waals surface area contributed by atoms with Gasteiger partial charge in [-0.15, -0.1) is 0 Å². The molecule has 3 heterocycles. The van der Waals surface area contributed by atoms with Gasteiger partial charge in [-0.2, -0.15) is 15.2 Å². The van der Waals surface area contributed by atoms with Crippen molar-refractivity contribution in [1.82, 2.24) is 29.7 Å². The molecule has 0 N–H and O–H groups in total. The topological polar surface area (TPSA) is 91.6 Å². The van der Waals surface area contributed by atoms with E-state index in [4.69, 9.17) is 4.52 Å². The smallest absolute Gasteiger partial charge is 0.292 e. The molecule has 0 fully saturated rings. The summed E-state index contributed by atoms with van der Waals surface area (Å²) < 4.78 is 8.06. The van der Waals surface area contributed by atoms with E-state index in [1.807, 2.05) is 20.8 Å². The van der Waals surface area contributed by atoms with Gasteiger partial charge >= 0.3 is 0 Å². The Bertz CT molecular complexity index is 852. The Labute approximate surface area is 120 Å². The monoisotopic (exact) mass is 288 g/mol. The Morgan fingerprint density at radius 1 is 1.24 bits per heavy atom. The van der Waals surface area contributed by atoms with Crippen molar-refractivity contribution in [1.29, 1.82) is 0 Å². The maximum atomic E-state index is 12.1. The van der Waals surface area contributed by atoms with Gasteiger partial charge in [-0.1, -0.05) is 25.9 Å². The first kappa shape index (κ1) is 13.5. The Hall–Kier alpha value is -2.51. The van der Waals surface area contributed by atoms with Crippen molar-refractivity contribution in [3.8, 4) is 0 Å². The Balaban J connectivity index is 2.01. The van der Waals surface area contributed by atoms with Gasteiger partial charge in [0, 0.05) is 17.8 Å². The highest BCUT2D eigenvalue weighted by molar-refractivity contribution is 5.76. The number of aromatic nitrogens is 6. The van der Waals surface area contributed by atoms with E-state index in [1.165, 1.54) is 4.68 Å². The largest absolute Gasteiger partial charge is 0.337 e. The molecule has 0 atom stereocenters. The first-order chi connectivity index (χ1) is 9.86. The van der Waals surface area contributed by atoms with Crippen LogP contribution in [0.25, 0.3) is 10.9 Å². The van der Waals surface area contributed by atoms with E-state index in [0.29, 0.717) is 22.6 Å². The number of nitrogens with zero attached hydrogens (tertiary/aromatic N) is 6. The molecule has 0 aliphatic carbocycles. The van der Waals surface area contributed by atoms with E-state index in [9.17, 15) is 4.79 Å². The summed E-state index contributed by atoms with van der Waals surface area (Å²) in [5, 5.41) is 12.8. The SMILES string of the molecule is Cn1ncc2cnn(Cc3nc(C(C)(C)C)no3)c2c1=O. The average molecular weight is 288 g/mol. The molecule has 0 aliphatic heterocycles. The second kappa shape index (κ2) is 4.51. The van der Waals surface area contributed by atoms with Crippen LogP contribution in [0.4, 0.5) is 0 Å². The van der Waals surface area contributed by atoms with Crippen molar-refractivity contribution in [2.75, 3.05) is 0 Å². The molecule has 3 aromatic heterocycles. The fourth-order valence-electron chi connectivity index (χ4n) is 1.95. The van der Waals surface area contributed by atoms with Crippen LogP contribution in [0, 0.1) is 0 Å². The molecule has 0 saturated carbocycles. The molecule has 0 amide bonds. The summed E-state index contributed by atoms with van der Waals surface area (Å²) >= 11 is 0. The van der Waals surface area contributed by atoms with Gasteiger partial charge in [-0.25, -0.2) is 9.36 Å². The van der Waals surface area contributed by atoms with Crippen LogP contribution >= 0.6 is 0 Å². The number of fused-ring (bicyclic) bond motifs is 1. The lowest BCUT2D eigenvalue weighted by Crippen LogP contribution is -2.21. The van der Waals surface area contributed by atoms with Gasteiger partial charge < -0.3 is 4.52 Å². The highest BCUT2D eigenvalue weighted by Gasteiger charge is 2.21. The average Bonchev–Trinajstić information content (AvgIpc) is 3.01. The molecule has 0 aliphatic rings. The molecule has 3 rings (SSSR count). The van der Waals surface area contributed by atoms with Crippen LogP contribution in [-0.2, 0) is 19.0 Å². The van der Waals surface area contributed by atoms with Crippen LogP contribution in [-0.4, -0.2) is 29.7 Å². The molecular formula is C13H16N6O2. The molecule has 3 aromatic rings. The van der Waals surface area contributed by atoms with Crippen LogP contribution in [0.5, 0.6) is 0 Å². The van der Waals surface area contributed by atoms with E-state index in [1.54, 1.807) is 24.1 Å². The molecule has 0 unspecified atom stereocenters. The van der Waals surface area contributed by atoms with Crippen LogP contribution in [0.15, 0.2) is 21.7 Å². The molecule has 0 saturated heterocycles. The van der Waals surface area contributed by atoms with E-state index in [0.717, 1.165) is 0 Å². The lowest BCUT2D eigenvalue weighted by molar-refractivity contribution is 0.354. The lowest BCUT2D eigenvalue weighted by atomic mass is 9.96. The van der Waals surface area contributed by atoms with Gasteiger partial charge in [-0.05, 0) is 0 Å². The zero-order chi connectivity index (χ0) is 15.2. The van der Waals surface area contributed by atoms with Crippen molar-refractivity contribution in [2.24, 2.45) is 7.05 Å². The molecule has 0 spiro atoms. The summed E-state index contributed by atoms with van der Waals surface area (Å²) in [7, 11) is 1.60. The summed E-state index contributed by atoms with van der Waals surface area (Å²) in [6.45, 7) is 6.27. The summed E-state index contributed by atoms with van der Waals surface area (Å²) in [4.78, 5) is 16.5. The molecule has 8 heteroatoms. The minimum atomic E-state index is -0.208. The summed E-state index contributed by atoms with van der Waals surface area (Å²) in [6.07, 6.45) is 3.21. The van der Waals surface area contributed by atoms with Crippen molar-refractivity contribution in [3.63, 3.8) is 0 Å². The first-order valence-electron chi connectivity index (χ1n) is 6.57. The van der Waals surface area contributed by atoms with Crippen LogP contribution in [0.3, 0.4) is 0 Å². The number of hydrogen-bond acceptors (Lipinski definition) is 6. The van der Waals surface area contributed by atoms with Crippen molar-refractivity contribution in [3.05, 3.63) is 34.5 Å². The molecule has 21 heavy (non-hydrogen) atoms. The number of rotatable bonds is 2. The van der Waals surface area contributed by atoms with Gasteiger partial charge in [-0.3, -0.25) is 4.79 Å². The normalized spacial score (nSPS) is 12.2. The predicted molar refractivity (Wildman–Crippen MR) is 74.9 cm³/mol. The zero-order valence-electron chi connectivity index (χ0n) is 12.4. The fourth-order valence-corrected chi connectivity index (χ4v) is 1.95. The molecule has 0 bridgehead atoms. The second-order valence-electron chi connectivity index (χ2n) is 5.94. The molecule has 110 valence electrons. The van der Waals surface area contributed by atoms with Gasteiger partial charge in [0.25, 0.3) is 5.56 Å². The Morgan fingerprint density at radius 3 is 2.62 bits per heavy atom. The van der Waals surface area contributed by atoms with Gasteiger partial charge in [0.1, 0.15) is 12.1 Å². The third-order valence-electron chi connectivity index (χ3n) is 3.16. The van der Waals surface area contributed by atoms with Gasteiger partial charge in [0.15, 0.2) is 5.82 Å². The molecular weight excluding hydrogens is 272 g/mol. The first-order valence-corrected chi connectivity index (χ1v) is 6.57. The molecule has 0 radical (unpaired) electrons. The van der Waals surface area contributed by atoms with Crippen LogP contribution in [0.2, 0.25) is 0 Å². The zero-order valence-corrected chi connectivity index (χ0v) is 12.4. The van der Waals surface area contributed by atoms with E-state index in [-0.39, 0.29) is 17.5 Å². The highest BCUT2D eigenvalue weighted by Crippen LogP contribution is 2.19. The molecule has 8 nitrogen and oxygen atoms in total. The van der Waals surface area contributed by atoms with Crippen molar-refractivity contribution < 1.29 is 4.52 Å². The third kappa shape index (κ3) is 2.32. The van der Waals surface area contributed by atoms with Gasteiger partial charge in [0.2, 0.25) is 5.89 Å². The second-order valence-corrected chi connectivity index (χ2v) is 5.94. The number of hydrogen-bond donors (Lipinski definition) is 0. The predicted octanol–water partition coefficient (Wildman–Crippen LogP) is 0.859. The maximum Gasteiger partial charge on any atom is 0.292 e. The maximum absolute atomic E-state index is 12.1. The highest BCUT2D eigenvalue weighted by atomic mass is 16.5. The number of aryl methyl sites for hydroxylation is 1. The quantitative estimate of drug-likeness (QED) is 0.694. The van der Waals surface area contributed by atoms with Crippen LogP contribution < -0.4 is 5.56 Å². The summed E-state index contributed by atoms with van der Waals surface area (Å²) in [6, 6.07) is 0. The summed E-state index contributed by atoms with van der Waals surface area (Å²) in [5.74, 6) is 1.05. The summed E-state index contributed by atoms with van der Waals surface area (Å²) in [5.41, 5.74) is 0.0807. The van der Waals surface area contributed by atoms with Crippen LogP contribution in [0.1, 0.15) is 32.5 Å². The lowest BCUT2D eigenvalue weighted by Gasteiger charge is -2.10. The third-order valence-corrected chi connectivity index (χ3v) is 3.16. The molecule has 0 aromatic carbocycles. The fraction of sp³-hybridized carbons (Fsp3) is 0.462. The Kier molecular flexibility index (Phi) is 2.89. The van der Waals surface area contributed by atoms with Crippen molar-refractivity contribution in [2.45, 2.75) is 32.7 Å². The van der Waals surface area contributed by atoms with E-state index in [2.05, 4.69) is 20.3 Å². The minimum Gasteiger partial charge on any atom is -0.337 e.